The molecule has 1 amide bonds. The maximum absolute atomic E-state index is 11.8. The first-order chi connectivity index (χ1) is 7.29. The molecule has 1 heterocycles. The fourth-order valence-electron chi connectivity index (χ4n) is 2.37. The lowest BCUT2D eigenvalue weighted by atomic mass is 9.96. The van der Waals surface area contributed by atoms with Crippen LogP contribution in [0.5, 0.6) is 0 Å². The molecule has 0 aromatic carbocycles. The van der Waals surface area contributed by atoms with Gasteiger partial charge in [0.2, 0.25) is 5.91 Å². The standard InChI is InChI=1S/C12H22N2O/c1-13-9-11-4-6-14(7-5-11)12(15)8-10-2-3-10/h10-11,13H,2-9H2,1H3. The number of likely N-dealkylation sites (tertiary alicyclic amines) is 1. The van der Waals surface area contributed by atoms with E-state index in [1.807, 2.05) is 7.05 Å². The lowest BCUT2D eigenvalue weighted by molar-refractivity contribution is -0.132. The molecular weight excluding hydrogens is 188 g/mol. The molecule has 0 aromatic rings. The number of piperidine rings is 1. The van der Waals surface area contributed by atoms with Gasteiger partial charge in [0, 0.05) is 19.5 Å². The van der Waals surface area contributed by atoms with Crippen molar-refractivity contribution in [1.29, 1.82) is 0 Å². The number of hydrogen-bond acceptors (Lipinski definition) is 2. The first-order valence-corrected chi connectivity index (χ1v) is 6.22. The molecule has 2 aliphatic rings. The number of hydrogen-bond donors (Lipinski definition) is 1. The summed E-state index contributed by atoms with van der Waals surface area (Å²) >= 11 is 0. The smallest absolute Gasteiger partial charge is 0.222 e. The van der Waals surface area contributed by atoms with Crippen LogP contribution >= 0.6 is 0 Å². The monoisotopic (exact) mass is 210 g/mol. The molecule has 0 spiro atoms. The van der Waals surface area contributed by atoms with Crippen LogP contribution < -0.4 is 5.32 Å². The van der Waals surface area contributed by atoms with E-state index in [0.717, 1.165) is 37.9 Å². The molecule has 1 saturated carbocycles. The van der Waals surface area contributed by atoms with Crippen LogP contribution in [0.2, 0.25) is 0 Å². The van der Waals surface area contributed by atoms with Crippen LogP contribution in [0.25, 0.3) is 0 Å². The fraction of sp³-hybridized carbons (Fsp3) is 0.917. The minimum Gasteiger partial charge on any atom is -0.343 e. The lowest BCUT2D eigenvalue weighted by Gasteiger charge is -2.32. The van der Waals surface area contributed by atoms with E-state index in [-0.39, 0.29) is 0 Å². The van der Waals surface area contributed by atoms with Gasteiger partial charge < -0.3 is 10.2 Å². The summed E-state index contributed by atoms with van der Waals surface area (Å²) in [5.74, 6) is 1.91. The highest BCUT2D eigenvalue weighted by Crippen LogP contribution is 2.33. The summed E-state index contributed by atoms with van der Waals surface area (Å²) in [6.07, 6.45) is 5.73. The van der Waals surface area contributed by atoms with E-state index >= 15 is 0 Å². The van der Waals surface area contributed by atoms with Crippen LogP contribution in [0, 0.1) is 11.8 Å². The maximum atomic E-state index is 11.8. The third kappa shape index (κ3) is 3.20. The molecule has 15 heavy (non-hydrogen) atoms. The van der Waals surface area contributed by atoms with Gasteiger partial charge >= 0.3 is 0 Å². The number of nitrogens with one attached hydrogen (secondary N) is 1. The predicted octanol–water partition coefficient (Wildman–Crippen LogP) is 1.24. The van der Waals surface area contributed by atoms with Crippen molar-refractivity contribution in [2.24, 2.45) is 11.8 Å². The first-order valence-electron chi connectivity index (χ1n) is 6.22. The van der Waals surface area contributed by atoms with Gasteiger partial charge in [-0.25, -0.2) is 0 Å². The van der Waals surface area contributed by atoms with Crippen molar-refractivity contribution in [3.63, 3.8) is 0 Å². The number of nitrogens with zero attached hydrogens (tertiary/aromatic N) is 1. The quantitative estimate of drug-likeness (QED) is 0.757. The number of carbonyl (C=O) groups excluding carboxylic acids is 1. The maximum Gasteiger partial charge on any atom is 0.222 e. The molecule has 2 fully saturated rings. The number of carbonyl (C=O) groups is 1. The van der Waals surface area contributed by atoms with Gasteiger partial charge in [0.1, 0.15) is 0 Å². The van der Waals surface area contributed by atoms with Crippen LogP contribution in [-0.4, -0.2) is 37.5 Å². The van der Waals surface area contributed by atoms with Gasteiger partial charge in [0.05, 0.1) is 0 Å². The van der Waals surface area contributed by atoms with Gasteiger partial charge in [0.15, 0.2) is 0 Å². The molecule has 3 nitrogen and oxygen atoms in total. The summed E-state index contributed by atoms with van der Waals surface area (Å²) in [6, 6.07) is 0. The van der Waals surface area contributed by atoms with Gasteiger partial charge in [-0.15, -0.1) is 0 Å². The largest absolute Gasteiger partial charge is 0.343 e. The van der Waals surface area contributed by atoms with Crippen molar-refractivity contribution in [3.8, 4) is 0 Å². The van der Waals surface area contributed by atoms with E-state index in [1.54, 1.807) is 0 Å². The number of amides is 1. The predicted molar refractivity (Wildman–Crippen MR) is 60.6 cm³/mol. The molecule has 3 heteroatoms. The highest BCUT2D eigenvalue weighted by molar-refractivity contribution is 5.76. The fourth-order valence-corrected chi connectivity index (χ4v) is 2.37. The molecule has 0 radical (unpaired) electrons. The minimum absolute atomic E-state index is 0.403. The molecule has 0 aromatic heterocycles. The summed E-state index contributed by atoms with van der Waals surface area (Å²) in [5.41, 5.74) is 0. The summed E-state index contributed by atoms with van der Waals surface area (Å²) in [5, 5.41) is 3.22. The van der Waals surface area contributed by atoms with Crippen LogP contribution in [0.4, 0.5) is 0 Å². The van der Waals surface area contributed by atoms with Gasteiger partial charge in [-0.2, -0.15) is 0 Å². The van der Waals surface area contributed by atoms with Crippen LogP contribution in [-0.2, 0) is 4.79 Å². The summed E-state index contributed by atoms with van der Waals surface area (Å²) in [6.45, 7) is 3.07. The van der Waals surface area contributed by atoms with Crippen LogP contribution in [0.3, 0.4) is 0 Å². The Morgan fingerprint density at radius 3 is 2.40 bits per heavy atom. The molecular formula is C12H22N2O. The Kier molecular flexibility index (Phi) is 3.62. The number of rotatable bonds is 4. The Hall–Kier alpha value is -0.570. The SMILES string of the molecule is CNCC1CCN(C(=O)CC2CC2)CC1. The Balaban J connectivity index is 1.69. The minimum atomic E-state index is 0.403. The summed E-state index contributed by atoms with van der Waals surface area (Å²) < 4.78 is 0. The van der Waals surface area contributed by atoms with Gasteiger partial charge in [-0.05, 0) is 51.1 Å². The highest BCUT2D eigenvalue weighted by atomic mass is 16.2. The van der Waals surface area contributed by atoms with Crippen LogP contribution in [0.15, 0.2) is 0 Å². The summed E-state index contributed by atoms with van der Waals surface area (Å²) in [7, 11) is 2.00. The zero-order chi connectivity index (χ0) is 10.7. The van der Waals surface area contributed by atoms with Gasteiger partial charge in [0.25, 0.3) is 0 Å². The molecule has 0 atom stereocenters. The second-order valence-electron chi connectivity index (χ2n) is 5.03. The van der Waals surface area contributed by atoms with E-state index in [1.165, 1.54) is 25.7 Å². The van der Waals surface area contributed by atoms with Crippen molar-refractivity contribution in [2.75, 3.05) is 26.7 Å². The van der Waals surface area contributed by atoms with Gasteiger partial charge in [-0.3, -0.25) is 4.79 Å². The van der Waals surface area contributed by atoms with E-state index in [4.69, 9.17) is 0 Å². The molecule has 1 N–H and O–H groups in total. The molecule has 1 aliphatic heterocycles. The average Bonchev–Trinajstić information content (AvgIpc) is 3.03. The highest BCUT2D eigenvalue weighted by Gasteiger charge is 2.28. The molecule has 1 saturated heterocycles. The molecule has 0 unspecified atom stereocenters. The van der Waals surface area contributed by atoms with Crippen molar-refractivity contribution >= 4 is 5.91 Å². The summed E-state index contributed by atoms with van der Waals surface area (Å²) in [4.78, 5) is 13.9. The van der Waals surface area contributed by atoms with Crippen LogP contribution in [0.1, 0.15) is 32.1 Å². The third-order valence-corrected chi connectivity index (χ3v) is 3.62. The van der Waals surface area contributed by atoms with E-state index in [9.17, 15) is 4.79 Å². The Bertz CT molecular complexity index is 218. The first kappa shape index (κ1) is 10.9. The molecule has 86 valence electrons. The van der Waals surface area contributed by atoms with E-state index in [2.05, 4.69) is 10.2 Å². The lowest BCUT2D eigenvalue weighted by Crippen LogP contribution is -2.40. The van der Waals surface area contributed by atoms with Crippen molar-refractivity contribution < 1.29 is 4.79 Å². The van der Waals surface area contributed by atoms with Crippen molar-refractivity contribution in [3.05, 3.63) is 0 Å². The zero-order valence-corrected chi connectivity index (χ0v) is 9.67. The normalized spacial score (nSPS) is 23.1. The molecule has 2 rings (SSSR count). The Morgan fingerprint density at radius 1 is 1.20 bits per heavy atom. The van der Waals surface area contributed by atoms with Crippen molar-refractivity contribution in [2.45, 2.75) is 32.1 Å². The molecule has 1 aliphatic carbocycles. The Labute approximate surface area is 92.2 Å². The Morgan fingerprint density at radius 2 is 1.87 bits per heavy atom. The molecule has 0 bridgehead atoms. The third-order valence-electron chi connectivity index (χ3n) is 3.62. The van der Waals surface area contributed by atoms with E-state index < -0.39 is 0 Å². The van der Waals surface area contributed by atoms with Crippen molar-refractivity contribution in [1.82, 2.24) is 10.2 Å². The topological polar surface area (TPSA) is 32.3 Å². The average molecular weight is 210 g/mol. The second kappa shape index (κ2) is 4.97. The zero-order valence-electron chi connectivity index (χ0n) is 9.67. The van der Waals surface area contributed by atoms with E-state index in [0.29, 0.717) is 5.91 Å². The van der Waals surface area contributed by atoms with Gasteiger partial charge in [-0.1, -0.05) is 0 Å². The second-order valence-corrected chi connectivity index (χ2v) is 5.03.